The van der Waals surface area contributed by atoms with Gasteiger partial charge in [-0.25, -0.2) is 0 Å². The molecule has 0 saturated heterocycles. The summed E-state index contributed by atoms with van der Waals surface area (Å²) < 4.78 is 0. The SMILES string of the molecule is O=C(CC1=CC=CCN1[O-])c1ccc(O)cc1O. The summed E-state index contributed by atoms with van der Waals surface area (Å²) in [5.74, 6) is -0.770. The van der Waals surface area contributed by atoms with Crippen LogP contribution < -0.4 is 0 Å². The molecule has 0 bridgehead atoms. The third-order valence-electron chi connectivity index (χ3n) is 2.64. The minimum Gasteiger partial charge on any atom is -0.758 e. The number of hydrogen-bond acceptors (Lipinski definition) is 5. The van der Waals surface area contributed by atoms with Gasteiger partial charge >= 0.3 is 0 Å². The van der Waals surface area contributed by atoms with Crippen molar-refractivity contribution in [1.29, 1.82) is 0 Å². The zero-order valence-corrected chi connectivity index (χ0v) is 9.54. The number of Topliss-reactive ketones (excluding diaryl/α,β-unsaturated/α-hetero) is 1. The van der Waals surface area contributed by atoms with Crippen molar-refractivity contribution in [3.8, 4) is 11.5 Å². The van der Waals surface area contributed by atoms with E-state index in [-0.39, 0.29) is 35.8 Å². The van der Waals surface area contributed by atoms with E-state index < -0.39 is 0 Å². The number of carbonyl (C=O) groups excluding carboxylic acids is 1. The van der Waals surface area contributed by atoms with E-state index in [1.165, 1.54) is 12.1 Å². The van der Waals surface area contributed by atoms with E-state index in [1.54, 1.807) is 18.2 Å². The molecule has 0 aromatic heterocycles. The van der Waals surface area contributed by atoms with Crippen LogP contribution in [0.4, 0.5) is 0 Å². The van der Waals surface area contributed by atoms with Crippen LogP contribution in [0.15, 0.2) is 42.1 Å². The molecule has 1 aliphatic rings. The van der Waals surface area contributed by atoms with Crippen LogP contribution in [-0.2, 0) is 0 Å². The Morgan fingerprint density at radius 3 is 2.83 bits per heavy atom. The fourth-order valence-electron chi connectivity index (χ4n) is 1.70. The number of hydroxylamine groups is 2. The van der Waals surface area contributed by atoms with Crippen molar-refractivity contribution in [1.82, 2.24) is 5.06 Å². The molecule has 0 aliphatic carbocycles. The largest absolute Gasteiger partial charge is 0.758 e. The Balaban J connectivity index is 2.17. The van der Waals surface area contributed by atoms with Gasteiger partial charge in [-0.3, -0.25) is 4.79 Å². The molecule has 0 spiro atoms. The number of phenols is 2. The number of nitrogens with zero attached hydrogens (tertiary/aromatic N) is 1. The van der Waals surface area contributed by atoms with Gasteiger partial charge in [-0.1, -0.05) is 12.2 Å². The molecule has 94 valence electrons. The van der Waals surface area contributed by atoms with Gasteiger partial charge in [-0.15, -0.1) is 0 Å². The van der Waals surface area contributed by atoms with Crippen molar-refractivity contribution in [2.24, 2.45) is 0 Å². The number of ketones is 1. The van der Waals surface area contributed by atoms with Crippen LogP contribution in [-0.4, -0.2) is 27.6 Å². The minimum atomic E-state index is -0.366. The molecule has 2 N–H and O–H groups in total. The molecule has 0 fully saturated rings. The van der Waals surface area contributed by atoms with E-state index in [9.17, 15) is 15.1 Å². The highest BCUT2D eigenvalue weighted by Gasteiger charge is 2.14. The smallest absolute Gasteiger partial charge is 0.172 e. The molecular formula is C13H12NO4-. The van der Waals surface area contributed by atoms with Crippen molar-refractivity contribution >= 4 is 5.78 Å². The van der Waals surface area contributed by atoms with E-state index in [0.717, 1.165) is 11.1 Å². The Kier molecular flexibility index (Phi) is 3.34. The topological polar surface area (TPSA) is 83.8 Å². The monoisotopic (exact) mass is 246 g/mol. The van der Waals surface area contributed by atoms with Crippen molar-refractivity contribution in [3.63, 3.8) is 0 Å². The molecule has 0 radical (unpaired) electrons. The fourth-order valence-corrected chi connectivity index (χ4v) is 1.70. The zero-order chi connectivity index (χ0) is 13.1. The van der Waals surface area contributed by atoms with Crippen LogP contribution in [0.25, 0.3) is 0 Å². The van der Waals surface area contributed by atoms with E-state index in [0.29, 0.717) is 5.70 Å². The van der Waals surface area contributed by atoms with Gasteiger partial charge in [-0.05, 0) is 18.2 Å². The fraction of sp³-hybridized carbons (Fsp3) is 0.154. The van der Waals surface area contributed by atoms with Crippen LogP contribution in [0.5, 0.6) is 11.5 Å². The van der Waals surface area contributed by atoms with Crippen molar-refractivity contribution in [2.75, 3.05) is 6.54 Å². The van der Waals surface area contributed by atoms with E-state index in [4.69, 9.17) is 5.11 Å². The molecule has 1 aromatic carbocycles. The van der Waals surface area contributed by atoms with Gasteiger partial charge < -0.3 is 20.5 Å². The first-order valence-electron chi connectivity index (χ1n) is 5.43. The molecule has 18 heavy (non-hydrogen) atoms. The number of phenolic OH excluding ortho intramolecular Hbond substituents is 2. The van der Waals surface area contributed by atoms with Crippen LogP contribution >= 0.6 is 0 Å². The molecule has 1 aromatic rings. The predicted octanol–water partition coefficient (Wildman–Crippen LogP) is 1.92. The molecule has 0 saturated carbocycles. The number of hydrogen-bond donors (Lipinski definition) is 2. The Bertz CT molecular complexity index is 534. The van der Waals surface area contributed by atoms with Crippen LogP contribution in [0.1, 0.15) is 16.8 Å². The van der Waals surface area contributed by atoms with E-state index in [2.05, 4.69) is 0 Å². The molecule has 5 nitrogen and oxygen atoms in total. The van der Waals surface area contributed by atoms with Gasteiger partial charge in [0.15, 0.2) is 5.78 Å². The minimum absolute atomic E-state index is 0.0772. The standard InChI is InChI=1S/C13H12NO4/c15-10-4-5-11(13(17)8-10)12(16)7-9-3-1-2-6-14(9)18/h1-5,8,15,17H,6-7H2/q-1. The summed E-state index contributed by atoms with van der Waals surface area (Å²) in [6, 6.07) is 3.75. The average Bonchev–Trinajstić information content (AvgIpc) is 2.32. The van der Waals surface area contributed by atoms with Crippen molar-refractivity contribution in [3.05, 3.63) is 52.9 Å². The quantitative estimate of drug-likeness (QED) is 0.796. The summed E-state index contributed by atoms with van der Waals surface area (Å²) in [6.45, 7) is 0.223. The lowest BCUT2D eigenvalue weighted by molar-refractivity contribution is 0.0984. The zero-order valence-electron chi connectivity index (χ0n) is 9.54. The second-order valence-corrected chi connectivity index (χ2v) is 3.95. The van der Waals surface area contributed by atoms with Gasteiger partial charge in [0.25, 0.3) is 0 Å². The second-order valence-electron chi connectivity index (χ2n) is 3.95. The normalized spacial score (nSPS) is 14.5. The second kappa shape index (κ2) is 4.93. The maximum absolute atomic E-state index is 11.9. The summed E-state index contributed by atoms with van der Waals surface area (Å²) in [6.07, 6.45) is 4.91. The van der Waals surface area contributed by atoms with Gasteiger partial charge in [0.2, 0.25) is 0 Å². The Morgan fingerprint density at radius 1 is 1.39 bits per heavy atom. The summed E-state index contributed by atoms with van der Waals surface area (Å²) in [7, 11) is 0. The third kappa shape index (κ3) is 2.52. The first-order valence-corrected chi connectivity index (χ1v) is 5.43. The summed E-state index contributed by atoms with van der Waals surface area (Å²) in [4.78, 5) is 11.9. The highest BCUT2D eigenvalue weighted by molar-refractivity contribution is 6.00. The van der Waals surface area contributed by atoms with Crippen molar-refractivity contribution < 1.29 is 15.0 Å². The number of rotatable bonds is 3. The lowest BCUT2D eigenvalue weighted by Gasteiger charge is -2.33. The first kappa shape index (κ1) is 12.2. The molecule has 1 heterocycles. The first-order chi connectivity index (χ1) is 8.58. The highest BCUT2D eigenvalue weighted by atomic mass is 16.5. The third-order valence-corrected chi connectivity index (χ3v) is 2.64. The van der Waals surface area contributed by atoms with Gasteiger partial charge in [0.05, 0.1) is 12.0 Å². The van der Waals surface area contributed by atoms with Crippen LogP contribution in [0, 0.1) is 5.21 Å². The van der Waals surface area contributed by atoms with E-state index >= 15 is 0 Å². The molecular weight excluding hydrogens is 234 g/mol. The number of benzene rings is 1. The van der Waals surface area contributed by atoms with Gasteiger partial charge in [0.1, 0.15) is 11.5 Å². The van der Waals surface area contributed by atoms with Crippen LogP contribution in [0.3, 0.4) is 0 Å². The summed E-state index contributed by atoms with van der Waals surface area (Å²) >= 11 is 0. The van der Waals surface area contributed by atoms with Gasteiger partial charge in [-0.2, -0.15) is 0 Å². The lowest BCUT2D eigenvalue weighted by Crippen LogP contribution is -2.20. The predicted molar refractivity (Wildman–Crippen MR) is 66.0 cm³/mol. The lowest BCUT2D eigenvalue weighted by atomic mass is 10.0. The average molecular weight is 246 g/mol. The molecule has 0 atom stereocenters. The molecule has 0 amide bonds. The number of aromatic hydroxyl groups is 2. The summed E-state index contributed by atoms with van der Waals surface area (Å²) in [5.41, 5.74) is 0.451. The highest BCUT2D eigenvalue weighted by Crippen LogP contribution is 2.25. The molecule has 2 rings (SSSR count). The molecule has 1 aliphatic heterocycles. The van der Waals surface area contributed by atoms with E-state index in [1.807, 2.05) is 0 Å². The van der Waals surface area contributed by atoms with Gasteiger partial charge in [0, 0.05) is 18.3 Å². The maximum atomic E-state index is 11.9. The number of carbonyl (C=O) groups is 1. The molecule has 5 heteroatoms. The maximum Gasteiger partial charge on any atom is 0.172 e. The molecule has 0 unspecified atom stereocenters. The summed E-state index contributed by atoms with van der Waals surface area (Å²) in [5, 5.41) is 30.9. The Labute approximate surface area is 104 Å². The Morgan fingerprint density at radius 2 is 2.17 bits per heavy atom. The number of allylic oxidation sites excluding steroid dienone is 3. The van der Waals surface area contributed by atoms with Crippen molar-refractivity contribution in [2.45, 2.75) is 6.42 Å². The van der Waals surface area contributed by atoms with Crippen LogP contribution in [0.2, 0.25) is 0 Å². The Hall–Kier alpha value is -2.27.